The molecule has 6 nitrogen and oxygen atoms in total. The first-order valence-corrected chi connectivity index (χ1v) is 9.22. The van der Waals surface area contributed by atoms with Crippen molar-refractivity contribution in [2.24, 2.45) is 5.10 Å². The van der Waals surface area contributed by atoms with Gasteiger partial charge in [-0.2, -0.15) is 31.1 Å². The van der Waals surface area contributed by atoms with Crippen molar-refractivity contribution in [1.82, 2.24) is 4.83 Å². The molecule has 0 spiro atoms. The van der Waals surface area contributed by atoms with Gasteiger partial charge in [0, 0.05) is 11.6 Å². The van der Waals surface area contributed by atoms with Crippen LogP contribution >= 0.6 is 0 Å². The third-order valence-corrected chi connectivity index (χ3v) is 4.80. The van der Waals surface area contributed by atoms with Crippen LogP contribution in [0.5, 0.6) is 11.5 Å². The van der Waals surface area contributed by atoms with Crippen molar-refractivity contribution in [3.05, 3.63) is 53.1 Å². The molecule has 2 rings (SSSR count). The van der Waals surface area contributed by atoms with Gasteiger partial charge < -0.3 is 9.47 Å². The molecule has 11 heteroatoms. The molecule has 28 heavy (non-hydrogen) atoms. The molecule has 0 saturated carbocycles. The standard InChI is InChI=1S/C17H16F4N2O4S/c1-10-3-4-11(2)15(7-10)28(24,25)23-22-9-12-5-6-13(26-16(18)19)8-14(12)27-17(20)21/h3-9,16-17,23H,1-2H3/b22-9+. The average Bonchev–Trinajstić information content (AvgIpc) is 2.57. The maximum Gasteiger partial charge on any atom is 0.387 e. The molecule has 0 atom stereocenters. The lowest BCUT2D eigenvalue weighted by Crippen LogP contribution is -2.19. The summed E-state index contributed by atoms with van der Waals surface area (Å²) < 4.78 is 82.7. The van der Waals surface area contributed by atoms with E-state index in [1.807, 2.05) is 4.83 Å². The number of nitrogens with zero attached hydrogens (tertiary/aromatic N) is 1. The van der Waals surface area contributed by atoms with Gasteiger partial charge in [-0.05, 0) is 43.2 Å². The summed E-state index contributed by atoms with van der Waals surface area (Å²) in [5.74, 6) is -0.915. The molecule has 2 aromatic rings. The Balaban J connectivity index is 2.26. The molecule has 1 N–H and O–H groups in total. The number of hydrogen-bond acceptors (Lipinski definition) is 5. The minimum Gasteiger partial charge on any atom is -0.435 e. The minimum absolute atomic E-state index is 0.00869. The van der Waals surface area contributed by atoms with Crippen LogP contribution in [0.2, 0.25) is 0 Å². The Bertz CT molecular complexity index is 966. The lowest BCUT2D eigenvalue weighted by molar-refractivity contribution is -0.0543. The van der Waals surface area contributed by atoms with Crippen molar-refractivity contribution in [1.29, 1.82) is 0 Å². The highest BCUT2D eigenvalue weighted by Gasteiger charge is 2.16. The number of sulfonamides is 1. The van der Waals surface area contributed by atoms with Crippen LogP contribution in [0.1, 0.15) is 16.7 Å². The summed E-state index contributed by atoms with van der Waals surface area (Å²) in [5.41, 5.74) is 1.13. The molecule has 0 radical (unpaired) electrons. The van der Waals surface area contributed by atoms with Gasteiger partial charge >= 0.3 is 13.2 Å². The highest BCUT2D eigenvalue weighted by molar-refractivity contribution is 7.89. The van der Waals surface area contributed by atoms with Crippen molar-refractivity contribution in [3.8, 4) is 11.5 Å². The van der Waals surface area contributed by atoms with Gasteiger partial charge in [-0.1, -0.05) is 12.1 Å². The fourth-order valence-electron chi connectivity index (χ4n) is 2.21. The summed E-state index contributed by atoms with van der Waals surface area (Å²) in [5, 5.41) is 3.54. The molecule has 0 fully saturated rings. The van der Waals surface area contributed by atoms with Crippen LogP contribution in [-0.4, -0.2) is 27.9 Å². The second kappa shape index (κ2) is 8.91. The van der Waals surface area contributed by atoms with E-state index in [4.69, 9.17) is 0 Å². The first-order chi connectivity index (χ1) is 13.1. The quantitative estimate of drug-likeness (QED) is 0.400. The second-order valence-corrected chi connectivity index (χ2v) is 7.21. The zero-order valence-corrected chi connectivity index (χ0v) is 15.5. The van der Waals surface area contributed by atoms with Crippen LogP contribution in [0.4, 0.5) is 17.6 Å². The van der Waals surface area contributed by atoms with Crippen LogP contribution in [0.3, 0.4) is 0 Å². The van der Waals surface area contributed by atoms with E-state index in [1.54, 1.807) is 26.0 Å². The number of nitrogens with one attached hydrogen (secondary N) is 1. The van der Waals surface area contributed by atoms with E-state index < -0.39 is 34.7 Å². The van der Waals surface area contributed by atoms with E-state index in [0.29, 0.717) is 5.56 Å². The third kappa shape index (κ3) is 5.84. The van der Waals surface area contributed by atoms with Gasteiger partial charge in [-0.15, -0.1) is 0 Å². The smallest absolute Gasteiger partial charge is 0.387 e. The van der Waals surface area contributed by atoms with Gasteiger partial charge in [-0.25, -0.2) is 4.83 Å². The number of rotatable bonds is 8. The number of aryl methyl sites for hydroxylation is 2. The summed E-state index contributed by atoms with van der Waals surface area (Å²) in [7, 11) is -4.00. The molecule has 0 aliphatic carbocycles. The normalized spacial score (nSPS) is 12.0. The Morgan fingerprint density at radius 3 is 2.32 bits per heavy atom. The molecular formula is C17H16F4N2O4S. The largest absolute Gasteiger partial charge is 0.435 e. The van der Waals surface area contributed by atoms with Crippen LogP contribution in [0.15, 0.2) is 46.4 Å². The van der Waals surface area contributed by atoms with E-state index in [0.717, 1.165) is 30.0 Å². The highest BCUT2D eigenvalue weighted by atomic mass is 32.2. The summed E-state index contributed by atoms with van der Waals surface area (Å²) in [6.45, 7) is -3.06. The fourth-order valence-corrected chi connectivity index (χ4v) is 3.33. The number of hydrazone groups is 1. The van der Waals surface area contributed by atoms with Gasteiger partial charge in [0.15, 0.2) is 0 Å². The highest BCUT2D eigenvalue weighted by Crippen LogP contribution is 2.26. The first-order valence-electron chi connectivity index (χ1n) is 7.74. The zero-order valence-electron chi connectivity index (χ0n) is 14.7. The fraction of sp³-hybridized carbons (Fsp3) is 0.235. The molecule has 0 aliphatic rings. The second-order valence-electron chi connectivity index (χ2n) is 5.58. The predicted octanol–water partition coefficient (Wildman–Crippen LogP) is 3.82. The van der Waals surface area contributed by atoms with Crippen molar-refractivity contribution < 1.29 is 35.5 Å². The van der Waals surface area contributed by atoms with Crippen LogP contribution < -0.4 is 14.3 Å². The molecule has 2 aromatic carbocycles. The molecule has 0 amide bonds. The van der Waals surface area contributed by atoms with E-state index in [9.17, 15) is 26.0 Å². The third-order valence-electron chi connectivity index (χ3n) is 3.44. The van der Waals surface area contributed by atoms with E-state index in [-0.39, 0.29) is 10.5 Å². The summed E-state index contributed by atoms with van der Waals surface area (Å²) in [4.78, 5) is 1.98. The Kier molecular flexibility index (Phi) is 6.84. The molecule has 0 saturated heterocycles. The molecule has 0 bridgehead atoms. The van der Waals surface area contributed by atoms with Crippen molar-refractivity contribution >= 4 is 16.2 Å². The summed E-state index contributed by atoms with van der Waals surface area (Å²) in [6.07, 6.45) is 0.909. The van der Waals surface area contributed by atoms with E-state index >= 15 is 0 Å². The molecule has 0 aromatic heterocycles. The van der Waals surface area contributed by atoms with Crippen LogP contribution in [0.25, 0.3) is 0 Å². The van der Waals surface area contributed by atoms with Gasteiger partial charge in [0.25, 0.3) is 10.0 Å². The lowest BCUT2D eigenvalue weighted by atomic mass is 10.2. The van der Waals surface area contributed by atoms with Gasteiger partial charge in [0.2, 0.25) is 0 Å². The van der Waals surface area contributed by atoms with E-state index in [1.165, 1.54) is 6.07 Å². The summed E-state index contributed by atoms with van der Waals surface area (Å²) in [6, 6.07) is 7.84. The van der Waals surface area contributed by atoms with Crippen molar-refractivity contribution in [2.75, 3.05) is 0 Å². The molecule has 0 aliphatic heterocycles. The first kappa shape index (κ1) is 21.5. The number of alkyl halides is 4. The van der Waals surface area contributed by atoms with Crippen molar-refractivity contribution in [3.63, 3.8) is 0 Å². The van der Waals surface area contributed by atoms with Gasteiger partial charge in [0.05, 0.1) is 11.1 Å². The summed E-state index contributed by atoms with van der Waals surface area (Å²) >= 11 is 0. The maximum atomic E-state index is 12.5. The molecule has 0 unspecified atom stereocenters. The number of benzene rings is 2. The van der Waals surface area contributed by atoms with Gasteiger partial charge in [0.1, 0.15) is 11.5 Å². The Labute approximate surface area is 158 Å². The maximum absolute atomic E-state index is 12.5. The van der Waals surface area contributed by atoms with E-state index in [2.05, 4.69) is 14.6 Å². The minimum atomic E-state index is -4.00. The Morgan fingerprint density at radius 1 is 1.00 bits per heavy atom. The molecule has 152 valence electrons. The number of ether oxygens (including phenoxy) is 2. The van der Waals surface area contributed by atoms with Gasteiger partial charge in [-0.3, -0.25) is 0 Å². The number of halogens is 4. The Hall–Kier alpha value is -2.82. The Morgan fingerprint density at radius 2 is 1.68 bits per heavy atom. The zero-order chi connectivity index (χ0) is 20.9. The monoisotopic (exact) mass is 420 g/mol. The van der Waals surface area contributed by atoms with Crippen LogP contribution in [0, 0.1) is 13.8 Å². The van der Waals surface area contributed by atoms with Crippen molar-refractivity contribution in [2.45, 2.75) is 32.0 Å². The average molecular weight is 420 g/mol. The molecule has 0 heterocycles. The van der Waals surface area contributed by atoms with Crippen LogP contribution in [-0.2, 0) is 10.0 Å². The predicted molar refractivity (Wildman–Crippen MR) is 93.5 cm³/mol. The molecular weight excluding hydrogens is 404 g/mol. The lowest BCUT2D eigenvalue weighted by Gasteiger charge is -2.11. The number of hydrogen-bond donors (Lipinski definition) is 1. The topological polar surface area (TPSA) is 77.0 Å². The SMILES string of the molecule is Cc1ccc(C)c(S(=O)(=O)N/N=C/c2ccc(OC(F)F)cc2OC(F)F)c1.